The Bertz CT molecular complexity index is 473. The normalized spacial score (nSPS) is 21.1. The SMILES string of the molecule is CCOC1CC(Nc2cc(NC(=O)CC)ccc2Cl)C1. The molecule has 5 heteroatoms. The first-order valence-electron chi connectivity index (χ1n) is 7.09. The Balaban J connectivity index is 1.94. The number of rotatable bonds is 6. The van der Waals surface area contributed by atoms with Crippen molar-refractivity contribution in [3.8, 4) is 0 Å². The van der Waals surface area contributed by atoms with Crippen LogP contribution in [0, 0.1) is 0 Å². The molecular formula is C15H21ClN2O2. The summed E-state index contributed by atoms with van der Waals surface area (Å²) in [5.41, 5.74) is 1.63. The monoisotopic (exact) mass is 296 g/mol. The number of carbonyl (C=O) groups excluding carboxylic acids is 1. The van der Waals surface area contributed by atoms with Gasteiger partial charge in [-0.05, 0) is 38.0 Å². The Morgan fingerprint density at radius 3 is 2.80 bits per heavy atom. The van der Waals surface area contributed by atoms with E-state index in [0.717, 1.165) is 30.8 Å². The highest BCUT2D eigenvalue weighted by Gasteiger charge is 2.29. The fourth-order valence-corrected chi connectivity index (χ4v) is 2.41. The standard InChI is InChI=1S/C15H21ClN2O2/c1-3-15(19)18-10-5-6-13(16)14(9-10)17-11-7-12(8-11)20-4-2/h5-6,9,11-12,17H,3-4,7-8H2,1-2H3,(H,18,19). The molecule has 0 saturated heterocycles. The highest BCUT2D eigenvalue weighted by atomic mass is 35.5. The summed E-state index contributed by atoms with van der Waals surface area (Å²) in [7, 11) is 0. The van der Waals surface area contributed by atoms with E-state index in [4.69, 9.17) is 16.3 Å². The molecule has 4 nitrogen and oxygen atoms in total. The first kappa shape index (κ1) is 15.1. The third-order valence-corrected chi connectivity index (χ3v) is 3.76. The molecule has 0 unspecified atom stereocenters. The van der Waals surface area contributed by atoms with E-state index >= 15 is 0 Å². The number of anilines is 2. The van der Waals surface area contributed by atoms with E-state index < -0.39 is 0 Å². The molecule has 1 aromatic carbocycles. The minimum absolute atomic E-state index is 0.00155. The molecule has 2 N–H and O–H groups in total. The third kappa shape index (κ3) is 3.87. The summed E-state index contributed by atoms with van der Waals surface area (Å²) in [4.78, 5) is 11.4. The summed E-state index contributed by atoms with van der Waals surface area (Å²) in [6, 6.07) is 5.88. The second kappa shape index (κ2) is 6.95. The quantitative estimate of drug-likeness (QED) is 0.842. The average molecular weight is 297 g/mol. The number of ether oxygens (including phenoxy) is 1. The Morgan fingerprint density at radius 1 is 1.40 bits per heavy atom. The molecular weight excluding hydrogens is 276 g/mol. The molecule has 0 bridgehead atoms. The number of nitrogens with one attached hydrogen (secondary N) is 2. The van der Waals surface area contributed by atoms with Crippen molar-refractivity contribution in [1.29, 1.82) is 0 Å². The minimum atomic E-state index is -0.00155. The Hall–Kier alpha value is -1.26. The summed E-state index contributed by atoms with van der Waals surface area (Å²) >= 11 is 6.18. The zero-order chi connectivity index (χ0) is 14.5. The van der Waals surface area contributed by atoms with Gasteiger partial charge < -0.3 is 15.4 Å². The Kier molecular flexibility index (Phi) is 5.26. The maximum Gasteiger partial charge on any atom is 0.224 e. The largest absolute Gasteiger partial charge is 0.381 e. The van der Waals surface area contributed by atoms with Gasteiger partial charge in [-0.25, -0.2) is 0 Å². The van der Waals surface area contributed by atoms with Gasteiger partial charge in [0.25, 0.3) is 0 Å². The van der Waals surface area contributed by atoms with E-state index in [1.807, 2.05) is 26.0 Å². The third-order valence-electron chi connectivity index (χ3n) is 3.43. The van der Waals surface area contributed by atoms with Crippen LogP contribution < -0.4 is 10.6 Å². The van der Waals surface area contributed by atoms with Gasteiger partial charge in [0.15, 0.2) is 0 Å². The van der Waals surface area contributed by atoms with Crippen molar-refractivity contribution in [2.75, 3.05) is 17.2 Å². The van der Waals surface area contributed by atoms with Crippen molar-refractivity contribution in [3.05, 3.63) is 23.2 Å². The summed E-state index contributed by atoms with van der Waals surface area (Å²) in [5.74, 6) is -0.00155. The van der Waals surface area contributed by atoms with E-state index in [9.17, 15) is 4.79 Å². The molecule has 20 heavy (non-hydrogen) atoms. The predicted molar refractivity (Wildman–Crippen MR) is 82.4 cm³/mol. The van der Waals surface area contributed by atoms with Crippen LogP contribution in [0.3, 0.4) is 0 Å². The molecule has 0 heterocycles. The summed E-state index contributed by atoms with van der Waals surface area (Å²) in [5, 5.41) is 6.90. The molecule has 0 radical (unpaired) electrons. The molecule has 1 aliphatic rings. The van der Waals surface area contributed by atoms with Crippen LogP contribution in [0.25, 0.3) is 0 Å². The number of carbonyl (C=O) groups is 1. The zero-order valence-corrected chi connectivity index (χ0v) is 12.7. The van der Waals surface area contributed by atoms with Crippen LogP contribution in [0.1, 0.15) is 33.1 Å². The smallest absolute Gasteiger partial charge is 0.224 e. The van der Waals surface area contributed by atoms with Crippen LogP contribution in [-0.4, -0.2) is 24.7 Å². The summed E-state index contributed by atoms with van der Waals surface area (Å²) < 4.78 is 5.54. The fourth-order valence-electron chi connectivity index (χ4n) is 2.24. The van der Waals surface area contributed by atoms with Crippen molar-refractivity contribution >= 4 is 28.9 Å². The van der Waals surface area contributed by atoms with Crippen LogP contribution in [0.15, 0.2) is 18.2 Å². The van der Waals surface area contributed by atoms with Crippen molar-refractivity contribution < 1.29 is 9.53 Å². The number of halogens is 1. The molecule has 1 aromatic rings. The Morgan fingerprint density at radius 2 is 2.15 bits per heavy atom. The highest BCUT2D eigenvalue weighted by Crippen LogP contribution is 2.31. The first-order valence-corrected chi connectivity index (χ1v) is 7.47. The second-order valence-electron chi connectivity index (χ2n) is 4.99. The molecule has 0 aliphatic heterocycles. The fraction of sp³-hybridized carbons (Fsp3) is 0.533. The minimum Gasteiger partial charge on any atom is -0.381 e. The average Bonchev–Trinajstić information content (AvgIpc) is 2.39. The van der Waals surface area contributed by atoms with Crippen molar-refractivity contribution in [2.24, 2.45) is 0 Å². The molecule has 0 spiro atoms. The summed E-state index contributed by atoms with van der Waals surface area (Å²) in [6.07, 6.45) is 2.81. The van der Waals surface area contributed by atoms with Gasteiger partial charge in [-0.1, -0.05) is 18.5 Å². The van der Waals surface area contributed by atoms with Crippen LogP contribution in [0.2, 0.25) is 5.02 Å². The topological polar surface area (TPSA) is 50.4 Å². The molecule has 110 valence electrons. The summed E-state index contributed by atoms with van der Waals surface area (Å²) in [6.45, 7) is 4.60. The van der Waals surface area contributed by atoms with Crippen LogP contribution in [-0.2, 0) is 9.53 Å². The van der Waals surface area contributed by atoms with E-state index in [2.05, 4.69) is 10.6 Å². The lowest BCUT2D eigenvalue weighted by Crippen LogP contribution is -2.40. The molecule has 1 saturated carbocycles. The zero-order valence-electron chi connectivity index (χ0n) is 11.9. The maximum absolute atomic E-state index is 11.4. The number of benzene rings is 1. The predicted octanol–water partition coefficient (Wildman–Crippen LogP) is 3.67. The number of hydrogen-bond acceptors (Lipinski definition) is 3. The molecule has 1 aliphatic carbocycles. The molecule has 0 atom stereocenters. The second-order valence-corrected chi connectivity index (χ2v) is 5.39. The molecule has 2 rings (SSSR count). The number of amides is 1. The van der Waals surface area contributed by atoms with Gasteiger partial charge in [-0.15, -0.1) is 0 Å². The lowest BCUT2D eigenvalue weighted by Gasteiger charge is -2.36. The van der Waals surface area contributed by atoms with Gasteiger partial charge in [-0.3, -0.25) is 4.79 Å². The molecule has 1 amide bonds. The van der Waals surface area contributed by atoms with Gasteiger partial charge in [0.05, 0.1) is 16.8 Å². The molecule has 1 fully saturated rings. The van der Waals surface area contributed by atoms with E-state index in [0.29, 0.717) is 23.6 Å². The number of hydrogen-bond donors (Lipinski definition) is 2. The van der Waals surface area contributed by atoms with Crippen molar-refractivity contribution in [2.45, 2.75) is 45.3 Å². The first-order chi connectivity index (χ1) is 9.62. The van der Waals surface area contributed by atoms with Gasteiger partial charge in [0, 0.05) is 24.8 Å². The Labute approximate surface area is 124 Å². The van der Waals surface area contributed by atoms with Crippen LogP contribution >= 0.6 is 11.6 Å². The van der Waals surface area contributed by atoms with E-state index in [1.54, 1.807) is 6.07 Å². The van der Waals surface area contributed by atoms with Crippen LogP contribution in [0.4, 0.5) is 11.4 Å². The van der Waals surface area contributed by atoms with Crippen molar-refractivity contribution in [1.82, 2.24) is 0 Å². The van der Waals surface area contributed by atoms with Gasteiger partial charge in [0.2, 0.25) is 5.91 Å². The molecule has 0 aromatic heterocycles. The van der Waals surface area contributed by atoms with Gasteiger partial charge in [0.1, 0.15) is 0 Å². The van der Waals surface area contributed by atoms with Gasteiger partial charge in [-0.2, -0.15) is 0 Å². The maximum atomic E-state index is 11.4. The highest BCUT2D eigenvalue weighted by molar-refractivity contribution is 6.33. The van der Waals surface area contributed by atoms with E-state index in [-0.39, 0.29) is 5.91 Å². The lowest BCUT2D eigenvalue weighted by molar-refractivity contribution is -0.115. The van der Waals surface area contributed by atoms with Crippen molar-refractivity contribution in [3.63, 3.8) is 0 Å². The van der Waals surface area contributed by atoms with Crippen LogP contribution in [0.5, 0.6) is 0 Å². The van der Waals surface area contributed by atoms with Gasteiger partial charge >= 0.3 is 0 Å². The van der Waals surface area contributed by atoms with E-state index in [1.165, 1.54) is 0 Å². The lowest BCUT2D eigenvalue weighted by atomic mass is 9.89.